The van der Waals surface area contributed by atoms with Crippen LogP contribution in [-0.2, 0) is 11.2 Å². The van der Waals surface area contributed by atoms with Gasteiger partial charge in [0, 0.05) is 24.6 Å². The van der Waals surface area contributed by atoms with Crippen LogP contribution in [0, 0.1) is 6.92 Å². The molecule has 3 aromatic rings. The Kier molecular flexibility index (Phi) is 7.19. The number of benzene rings is 2. The van der Waals surface area contributed by atoms with Gasteiger partial charge in [-0.2, -0.15) is 0 Å². The Morgan fingerprint density at radius 1 is 1.14 bits per heavy atom. The summed E-state index contributed by atoms with van der Waals surface area (Å²) in [6, 6.07) is 13.8. The molecule has 0 bridgehead atoms. The van der Waals surface area contributed by atoms with Gasteiger partial charge >= 0.3 is 0 Å². The van der Waals surface area contributed by atoms with Crippen LogP contribution in [0.1, 0.15) is 11.1 Å². The summed E-state index contributed by atoms with van der Waals surface area (Å²) in [7, 11) is 3.30. The van der Waals surface area contributed by atoms with Gasteiger partial charge in [-0.05, 0) is 49.2 Å². The molecule has 3 rings (SSSR count). The summed E-state index contributed by atoms with van der Waals surface area (Å²) in [5, 5.41) is 3.74. The maximum absolute atomic E-state index is 12.3. The zero-order valence-corrected chi connectivity index (χ0v) is 17.7. The molecular formula is C22H25N3O3S. The van der Waals surface area contributed by atoms with E-state index >= 15 is 0 Å². The van der Waals surface area contributed by atoms with Crippen molar-refractivity contribution in [1.29, 1.82) is 0 Å². The first-order chi connectivity index (χ1) is 14.1. The highest BCUT2D eigenvalue weighted by Gasteiger charge is 2.10. The van der Waals surface area contributed by atoms with Crippen molar-refractivity contribution in [2.75, 3.05) is 26.5 Å². The number of hydrogen-bond donors (Lipinski definition) is 1. The number of carbonyl (C=O) groups is 1. The van der Waals surface area contributed by atoms with Gasteiger partial charge in [0.05, 0.1) is 20.0 Å². The van der Waals surface area contributed by atoms with Crippen LogP contribution < -0.4 is 14.8 Å². The standard InChI is InChI=1S/C22H25N3O3S/c1-16-4-9-20(28-3)17(14-16)10-11-23-21(26)15-29-22-24-12-13-25(22)18-5-7-19(27-2)8-6-18/h4-9,12-14H,10-11,15H2,1-3H3,(H,23,26). The number of methoxy groups -OCH3 is 2. The number of carbonyl (C=O) groups excluding carboxylic acids is 1. The Morgan fingerprint density at radius 2 is 1.93 bits per heavy atom. The monoisotopic (exact) mass is 411 g/mol. The van der Waals surface area contributed by atoms with Gasteiger partial charge in [0.15, 0.2) is 5.16 Å². The number of hydrogen-bond acceptors (Lipinski definition) is 5. The molecule has 1 amide bonds. The molecule has 0 aliphatic heterocycles. The van der Waals surface area contributed by atoms with Crippen LogP contribution >= 0.6 is 11.8 Å². The Balaban J connectivity index is 1.51. The minimum Gasteiger partial charge on any atom is -0.497 e. The minimum absolute atomic E-state index is 0.0223. The predicted molar refractivity (Wildman–Crippen MR) is 115 cm³/mol. The van der Waals surface area contributed by atoms with Crippen LogP contribution in [-0.4, -0.2) is 42.0 Å². The highest BCUT2D eigenvalue weighted by Crippen LogP contribution is 2.22. The summed E-state index contributed by atoms with van der Waals surface area (Å²) < 4.78 is 12.5. The summed E-state index contributed by atoms with van der Waals surface area (Å²) >= 11 is 1.41. The number of nitrogens with one attached hydrogen (secondary N) is 1. The number of imidazole rings is 1. The van der Waals surface area contributed by atoms with E-state index < -0.39 is 0 Å². The fourth-order valence-electron chi connectivity index (χ4n) is 2.96. The van der Waals surface area contributed by atoms with Gasteiger partial charge in [-0.1, -0.05) is 29.5 Å². The maximum Gasteiger partial charge on any atom is 0.230 e. The minimum atomic E-state index is -0.0223. The van der Waals surface area contributed by atoms with Gasteiger partial charge in [-0.15, -0.1) is 0 Å². The molecule has 2 aromatic carbocycles. The van der Waals surface area contributed by atoms with Crippen molar-refractivity contribution in [1.82, 2.24) is 14.9 Å². The van der Waals surface area contributed by atoms with E-state index in [4.69, 9.17) is 9.47 Å². The first-order valence-corrected chi connectivity index (χ1v) is 10.3. The Bertz CT molecular complexity index is 954. The second kappa shape index (κ2) is 10.0. The molecule has 6 nitrogen and oxygen atoms in total. The third-order valence-electron chi connectivity index (χ3n) is 4.44. The molecule has 29 heavy (non-hydrogen) atoms. The number of thioether (sulfide) groups is 1. The molecule has 1 heterocycles. The Hall–Kier alpha value is -2.93. The zero-order chi connectivity index (χ0) is 20.6. The molecule has 0 fully saturated rings. The normalized spacial score (nSPS) is 10.6. The molecule has 0 unspecified atom stereocenters. The van der Waals surface area contributed by atoms with E-state index in [9.17, 15) is 4.79 Å². The molecule has 7 heteroatoms. The molecule has 152 valence electrons. The van der Waals surface area contributed by atoms with Gasteiger partial charge in [-0.25, -0.2) is 4.98 Å². The number of ether oxygens (including phenoxy) is 2. The van der Waals surface area contributed by atoms with E-state index in [0.29, 0.717) is 12.3 Å². The van der Waals surface area contributed by atoms with E-state index in [2.05, 4.69) is 16.4 Å². The third kappa shape index (κ3) is 5.54. The molecule has 0 aliphatic rings. The molecule has 0 radical (unpaired) electrons. The molecule has 1 N–H and O–H groups in total. The lowest BCUT2D eigenvalue weighted by Gasteiger charge is -2.11. The van der Waals surface area contributed by atoms with E-state index in [0.717, 1.165) is 34.3 Å². The number of rotatable bonds is 9. The van der Waals surface area contributed by atoms with Gasteiger partial charge in [0.2, 0.25) is 5.91 Å². The number of amides is 1. The third-order valence-corrected chi connectivity index (χ3v) is 5.41. The fraction of sp³-hybridized carbons (Fsp3) is 0.273. The summed E-state index contributed by atoms with van der Waals surface area (Å²) in [6.07, 6.45) is 4.34. The molecular weight excluding hydrogens is 386 g/mol. The van der Waals surface area contributed by atoms with E-state index in [1.807, 2.05) is 54.1 Å². The van der Waals surface area contributed by atoms with Crippen molar-refractivity contribution in [3.05, 3.63) is 66.0 Å². The van der Waals surface area contributed by atoms with Crippen LogP contribution in [0.3, 0.4) is 0 Å². The molecule has 0 atom stereocenters. The molecule has 1 aromatic heterocycles. The topological polar surface area (TPSA) is 65.4 Å². The molecule has 0 saturated carbocycles. The number of aromatic nitrogens is 2. The molecule has 0 aliphatic carbocycles. The predicted octanol–water partition coefficient (Wildman–Crippen LogP) is 3.65. The first-order valence-electron chi connectivity index (χ1n) is 9.31. The molecule has 0 spiro atoms. The molecule has 0 saturated heterocycles. The van der Waals surface area contributed by atoms with Crippen molar-refractivity contribution in [2.24, 2.45) is 0 Å². The smallest absolute Gasteiger partial charge is 0.230 e. The van der Waals surface area contributed by atoms with E-state index in [-0.39, 0.29) is 5.91 Å². The second-order valence-corrected chi connectivity index (χ2v) is 7.42. The quantitative estimate of drug-likeness (QED) is 0.545. The zero-order valence-electron chi connectivity index (χ0n) is 16.8. The SMILES string of the molecule is COc1ccc(-n2ccnc2SCC(=O)NCCc2cc(C)ccc2OC)cc1. The number of aryl methyl sites for hydroxylation is 1. The first kappa shape index (κ1) is 20.8. The highest BCUT2D eigenvalue weighted by molar-refractivity contribution is 7.99. The Morgan fingerprint density at radius 3 is 2.66 bits per heavy atom. The average Bonchev–Trinajstić information content (AvgIpc) is 3.21. The maximum atomic E-state index is 12.3. The summed E-state index contributed by atoms with van der Waals surface area (Å²) in [5.74, 6) is 1.93. The van der Waals surface area contributed by atoms with Crippen molar-refractivity contribution in [2.45, 2.75) is 18.5 Å². The van der Waals surface area contributed by atoms with E-state index in [1.54, 1.807) is 20.4 Å². The van der Waals surface area contributed by atoms with Gasteiger partial charge in [0.25, 0.3) is 0 Å². The lowest BCUT2D eigenvalue weighted by molar-refractivity contribution is -0.118. The van der Waals surface area contributed by atoms with Crippen molar-refractivity contribution in [3.63, 3.8) is 0 Å². The summed E-state index contributed by atoms with van der Waals surface area (Å²) in [5.41, 5.74) is 3.24. The number of nitrogens with zero attached hydrogens (tertiary/aromatic N) is 2. The highest BCUT2D eigenvalue weighted by atomic mass is 32.2. The van der Waals surface area contributed by atoms with Crippen LogP contribution in [0.25, 0.3) is 5.69 Å². The summed E-state index contributed by atoms with van der Waals surface area (Å²) in [6.45, 7) is 2.61. The van der Waals surface area contributed by atoms with Gasteiger partial charge < -0.3 is 14.8 Å². The van der Waals surface area contributed by atoms with Crippen molar-refractivity contribution >= 4 is 17.7 Å². The van der Waals surface area contributed by atoms with Crippen LogP contribution in [0.5, 0.6) is 11.5 Å². The van der Waals surface area contributed by atoms with Crippen molar-refractivity contribution in [3.8, 4) is 17.2 Å². The van der Waals surface area contributed by atoms with Crippen LogP contribution in [0.2, 0.25) is 0 Å². The van der Waals surface area contributed by atoms with Gasteiger partial charge in [-0.3, -0.25) is 9.36 Å². The largest absolute Gasteiger partial charge is 0.497 e. The lowest BCUT2D eigenvalue weighted by Crippen LogP contribution is -2.27. The van der Waals surface area contributed by atoms with E-state index in [1.165, 1.54) is 17.3 Å². The van der Waals surface area contributed by atoms with Gasteiger partial charge in [0.1, 0.15) is 11.5 Å². The van der Waals surface area contributed by atoms with Crippen molar-refractivity contribution < 1.29 is 14.3 Å². The fourth-order valence-corrected chi connectivity index (χ4v) is 3.76. The average molecular weight is 412 g/mol. The lowest BCUT2D eigenvalue weighted by atomic mass is 10.1. The van der Waals surface area contributed by atoms with Crippen LogP contribution in [0.4, 0.5) is 0 Å². The Labute approximate surface area is 175 Å². The second-order valence-electron chi connectivity index (χ2n) is 6.48. The summed E-state index contributed by atoms with van der Waals surface area (Å²) in [4.78, 5) is 16.6. The van der Waals surface area contributed by atoms with Crippen LogP contribution in [0.15, 0.2) is 60.0 Å².